The summed E-state index contributed by atoms with van der Waals surface area (Å²) >= 11 is 5.84. The van der Waals surface area contributed by atoms with Crippen molar-refractivity contribution in [2.75, 3.05) is 7.11 Å². The van der Waals surface area contributed by atoms with E-state index in [2.05, 4.69) is 0 Å². The highest BCUT2D eigenvalue weighted by Gasteiger charge is 2.10. The first-order valence-electron chi connectivity index (χ1n) is 4.11. The molecule has 0 fully saturated rings. The first kappa shape index (κ1) is 10.5. The van der Waals surface area contributed by atoms with E-state index >= 15 is 0 Å². The number of hydrogen-bond donors (Lipinski definition) is 0. The Labute approximate surface area is 82.5 Å². The molecule has 1 nitrogen and oxygen atoms in total. The smallest absolute Gasteiger partial charge is 0.127 e. The number of ether oxygens (including phenoxy) is 1. The van der Waals surface area contributed by atoms with Gasteiger partial charge in [0.1, 0.15) is 5.82 Å². The van der Waals surface area contributed by atoms with Gasteiger partial charge in [0.15, 0.2) is 0 Å². The van der Waals surface area contributed by atoms with Gasteiger partial charge in [-0.25, -0.2) is 4.39 Å². The molecular weight excluding hydrogens is 191 g/mol. The van der Waals surface area contributed by atoms with Crippen LogP contribution in [-0.2, 0) is 11.2 Å². The summed E-state index contributed by atoms with van der Waals surface area (Å²) in [7, 11) is 1.60. The molecule has 1 unspecified atom stereocenters. The van der Waals surface area contributed by atoms with Crippen LogP contribution in [0.3, 0.4) is 0 Å². The first-order chi connectivity index (χ1) is 6.15. The van der Waals surface area contributed by atoms with Crippen LogP contribution < -0.4 is 0 Å². The van der Waals surface area contributed by atoms with Crippen LogP contribution in [0.15, 0.2) is 18.2 Å². The third-order valence-electron chi connectivity index (χ3n) is 1.96. The molecule has 13 heavy (non-hydrogen) atoms. The van der Waals surface area contributed by atoms with Gasteiger partial charge in [0, 0.05) is 24.1 Å². The molecule has 1 rings (SSSR count). The second-order valence-electron chi connectivity index (χ2n) is 2.95. The highest BCUT2D eigenvalue weighted by molar-refractivity contribution is 6.31. The molecule has 0 aliphatic carbocycles. The van der Waals surface area contributed by atoms with Crippen molar-refractivity contribution in [3.63, 3.8) is 0 Å². The zero-order chi connectivity index (χ0) is 9.84. The molecule has 0 bridgehead atoms. The highest BCUT2D eigenvalue weighted by Crippen LogP contribution is 2.20. The molecule has 0 saturated heterocycles. The van der Waals surface area contributed by atoms with Gasteiger partial charge in [0.25, 0.3) is 0 Å². The average Bonchev–Trinajstić information content (AvgIpc) is 2.11. The Bertz CT molecular complexity index is 268. The Morgan fingerprint density at radius 2 is 2.23 bits per heavy atom. The molecule has 0 saturated carbocycles. The molecule has 0 radical (unpaired) electrons. The highest BCUT2D eigenvalue weighted by atomic mass is 35.5. The van der Waals surface area contributed by atoms with E-state index in [1.54, 1.807) is 19.2 Å². The lowest BCUT2D eigenvalue weighted by Crippen LogP contribution is -2.10. The van der Waals surface area contributed by atoms with Crippen LogP contribution in [0, 0.1) is 5.82 Å². The minimum absolute atomic E-state index is 0.0191. The molecule has 1 aromatic carbocycles. The van der Waals surface area contributed by atoms with Crippen molar-refractivity contribution in [1.29, 1.82) is 0 Å². The Hall–Kier alpha value is -0.600. The maximum Gasteiger partial charge on any atom is 0.127 e. The number of methoxy groups -OCH3 is 1. The molecular formula is C10H12ClFO. The predicted molar refractivity (Wildman–Crippen MR) is 51.6 cm³/mol. The van der Waals surface area contributed by atoms with Crippen molar-refractivity contribution in [2.24, 2.45) is 0 Å². The molecule has 1 aromatic rings. The third-order valence-corrected chi connectivity index (χ3v) is 2.31. The van der Waals surface area contributed by atoms with E-state index in [9.17, 15) is 4.39 Å². The number of hydrogen-bond acceptors (Lipinski definition) is 1. The number of benzene rings is 1. The SMILES string of the molecule is COC(C)Cc1c(F)cccc1Cl. The summed E-state index contributed by atoms with van der Waals surface area (Å²) in [5.41, 5.74) is 0.526. The Balaban J connectivity index is 2.87. The maximum atomic E-state index is 13.2. The Kier molecular flexibility index (Phi) is 3.70. The molecule has 0 amide bonds. The molecule has 0 heterocycles. The van der Waals surface area contributed by atoms with E-state index in [1.807, 2.05) is 6.92 Å². The van der Waals surface area contributed by atoms with E-state index in [1.165, 1.54) is 6.07 Å². The molecule has 0 N–H and O–H groups in total. The Morgan fingerprint density at radius 3 is 2.77 bits per heavy atom. The maximum absolute atomic E-state index is 13.2. The zero-order valence-corrected chi connectivity index (χ0v) is 8.44. The molecule has 72 valence electrons. The van der Waals surface area contributed by atoms with Crippen LogP contribution in [0.1, 0.15) is 12.5 Å². The van der Waals surface area contributed by atoms with Crippen LogP contribution in [0.25, 0.3) is 0 Å². The van der Waals surface area contributed by atoms with Crippen molar-refractivity contribution in [2.45, 2.75) is 19.4 Å². The summed E-state index contributed by atoms with van der Waals surface area (Å²) in [6.45, 7) is 1.88. The van der Waals surface area contributed by atoms with Crippen molar-refractivity contribution < 1.29 is 9.13 Å². The standard InChI is InChI=1S/C10H12ClFO/c1-7(13-2)6-8-9(11)4-3-5-10(8)12/h3-5,7H,6H2,1-2H3. The first-order valence-corrected chi connectivity index (χ1v) is 4.48. The fourth-order valence-electron chi connectivity index (χ4n) is 1.10. The minimum Gasteiger partial charge on any atom is -0.381 e. The second-order valence-corrected chi connectivity index (χ2v) is 3.36. The van der Waals surface area contributed by atoms with Gasteiger partial charge in [0.05, 0.1) is 6.10 Å². The van der Waals surface area contributed by atoms with Crippen molar-refractivity contribution in [1.82, 2.24) is 0 Å². The van der Waals surface area contributed by atoms with Gasteiger partial charge in [-0.15, -0.1) is 0 Å². The van der Waals surface area contributed by atoms with E-state index in [-0.39, 0.29) is 11.9 Å². The van der Waals surface area contributed by atoms with Gasteiger partial charge < -0.3 is 4.74 Å². The molecule has 0 spiro atoms. The van der Waals surface area contributed by atoms with Crippen LogP contribution in [-0.4, -0.2) is 13.2 Å². The summed E-state index contributed by atoms with van der Waals surface area (Å²) in [4.78, 5) is 0. The Morgan fingerprint density at radius 1 is 1.54 bits per heavy atom. The van der Waals surface area contributed by atoms with Gasteiger partial charge >= 0.3 is 0 Å². The normalized spacial score (nSPS) is 12.9. The number of halogens is 2. The van der Waals surface area contributed by atoms with Crippen molar-refractivity contribution in [3.05, 3.63) is 34.6 Å². The van der Waals surface area contributed by atoms with Crippen molar-refractivity contribution >= 4 is 11.6 Å². The monoisotopic (exact) mass is 202 g/mol. The summed E-state index contributed by atoms with van der Waals surface area (Å²) in [5.74, 6) is -0.267. The van der Waals surface area contributed by atoms with Gasteiger partial charge in [-0.3, -0.25) is 0 Å². The molecule has 0 aliphatic heterocycles. The van der Waals surface area contributed by atoms with Gasteiger partial charge in [-0.2, -0.15) is 0 Å². The van der Waals surface area contributed by atoms with E-state index < -0.39 is 0 Å². The largest absolute Gasteiger partial charge is 0.381 e. The van der Waals surface area contributed by atoms with E-state index in [0.717, 1.165) is 0 Å². The van der Waals surface area contributed by atoms with Gasteiger partial charge in [0.2, 0.25) is 0 Å². The topological polar surface area (TPSA) is 9.23 Å². The summed E-state index contributed by atoms with van der Waals surface area (Å²) in [6, 6.07) is 4.69. The molecule has 0 aliphatic rings. The lowest BCUT2D eigenvalue weighted by molar-refractivity contribution is 0.118. The van der Waals surface area contributed by atoms with E-state index in [4.69, 9.17) is 16.3 Å². The second kappa shape index (κ2) is 4.58. The summed E-state index contributed by atoms with van der Waals surface area (Å²) in [6.07, 6.45) is 0.483. The quantitative estimate of drug-likeness (QED) is 0.732. The summed E-state index contributed by atoms with van der Waals surface area (Å²) < 4.78 is 18.2. The number of rotatable bonds is 3. The lowest BCUT2D eigenvalue weighted by atomic mass is 10.1. The fraction of sp³-hybridized carbons (Fsp3) is 0.400. The van der Waals surface area contributed by atoms with Gasteiger partial charge in [-0.05, 0) is 19.1 Å². The van der Waals surface area contributed by atoms with Crippen LogP contribution in [0.4, 0.5) is 4.39 Å². The predicted octanol–water partition coefficient (Wildman–Crippen LogP) is 3.06. The average molecular weight is 203 g/mol. The van der Waals surface area contributed by atoms with Crippen LogP contribution >= 0.6 is 11.6 Å². The minimum atomic E-state index is -0.267. The van der Waals surface area contributed by atoms with E-state index in [0.29, 0.717) is 17.0 Å². The zero-order valence-electron chi connectivity index (χ0n) is 7.68. The fourth-order valence-corrected chi connectivity index (χ4v) is 1.34. The van der Waals surface area contributed by atoms with Crippen LogP contribution in [0.5, 0.6) is 0 Å². The molecule has 1 atom stereocenters. The van der Waals surface area contributed by atoms with Crippen LogP contribution in [0.2, 0.25) is 5.02 Å². The van der Waals surface area contributed by atoms with Gasteiger partial charge in [-0.1, -0.05) is 17.7 Å². The lowest BCUT2D eigenvalue weighted by Gasteiger charge is -2.11. The van der Waals surface area contributed by atoms with Crippen molar-refractivity contribution in [3.8, 4) is 0 Å². The molecule has 3 heteroatoms. The summed E-state index contributed by atoms with van der Waals surface area (Å²) in [5, 5.41) is 0.462. The third kappa shape index (κ3) is 2.68. The molecule has 0 aromatic heterocycles.